The van der Waals surface area contributed by atoms with Crippen molar-refractivity contribution in [1.29, 1.82) is 0 Å². The van der Waals surface area contributed by atoms with E-state index < -0.39 is 0 Å². The number of aromatic nitrogens is 2. The van der Waals surface area contributed by atoms with E-state index in [0.717, 1.165) is 4.47 Å². The van der Waals surface area contributed by atoms with Gasteiger partial charge >= 0.3 is 5.69 Å². The molecule has 0 bridgehead atoms. The van der Waals surface area contributed by atoms with Gasteiger partial charge in [-0.05, 0) is 25.1 Å². The molecule has 18 heavy (non-hydrogen) atoms. The van der Waals surface area contributed by atoms with E-state index in [1.54, 1.807) is 32.2 Å². The van der Waals surface area contributed by atoms with Crippen LogP contribution in [0.5, 0.6) is 0 Å². The number of rotatable bonds is 2. The van der Waals surface area contributed by atoms with E-state index >= 15 is 0 Å². The molecular weight excluding hydrogens is 298 g/mol. The molecule has 1 unspecified atom stereocenters. The maximum Gasteiger partial charge on any atom is 0.331 e. The van der Waals surface area contributed by atoms with Crippen molar-refractivity contribution in [2.75, 3.05) is 0 Å². The molecule has 2 aromatic rings. The molecule has 0 saturated heterocycles. The highest BCUT2D eigenvalue weighted by Crippen LogP contribution is 2.15. The van der Waals surface area contributed by atoms with Gasteiger partial charge in [0, 0.05) is 24.1 Å². The zero-order valence-corrected chi connectivity index (χ0v) is 11.8. The van der Waals surface area contributed by atoms with Crippen LogP contribution in [0.4, 0.5) is 0 Å². The minimum absolute atomic E-state index is 0.216. The first-order valence-electron chi connectivity index (χ1n) is 5.56. The summed E-state index contributed by atoms with van der Waals surface area (Å²) in [5.74, 6) is 0. The molecule has 0 radical (unpaired) electrons. The average Bonchev–Trinajstić information content (AvgIpc) is 2.31. The third kappa shape index (κ3) is 2.13. The summed E-state index contributed by atoms with van der Waals surface area (Å²) in [4.78, 5) is 24.3. The van der Waals surface area contributed by atoms with Crippen molar-refractivity contribution < 1.29 is 0 Å². The Morgan fingerprint density at radius 3 is 2.67 bits per heavy atom. The van der Waals surface area contributed by atoms with Gasteiger partial charge in [-0.25, -0.2) is 4.79 Å². The van der Waals surface area contributed by atoms with Gasteiger partial charge in [-0.15, -0.1) is 0 Å². The van der Waals surface area contributed by atoms with Crippen LogP contribution in [0.2, 0.25) is 0 Å². The van der Waals surface area contributed by atoms with Crippen LogP contribution >= 0.6 is 15.9 Å². The van der Waals surface area contributed by atoms with Crippen LogP contribution in [0.1, 0.15) is 6.92 Å². The lowest BCUT2D eigenvalue weighted by Crippen LogP contribution is -2.42. The highest BCUT2D eigenvalue weighted by Gasteiger charge is 2.12. The largest absolute Gasteiger partial charge is 0.331 e. The minimum Gasteiger partial charge on any atom is -0.326 e. The fourth-order valence-corrected chi connectivity index (χ4v) is 2.30. The maximum absolute atomic E-state index is 12.3. The van der Waals surface area contributed by atoms with Crippen molar-refractivity contribution >= 4 is 26.8 Å². The summed E-state index contributed by atoms with van der Waals surface area (Å²) in [6, 6.07) is 5.02. The smallest absolute Gasteiger partial charge is 0.326 e. The number of hydrogen-bond acceptors (Lipinski definition) is 3. The summed E-state index contributed by atoms with van der Waals surface area (Å²) in [5.41, 5.74) is 5.65. The average molecular weight is 312 g/mol. The molecule has 0 saturated carbocycles. The molecule has 5 nitrogen and oxygen atoms in total. The van der Waals surface area contributed by atoms with Crippen LogP contribution < -0.4 is 17.0 Å². The molecule has 0 amide bonds. The molecule has 0 aliphatic heterocycles. The Hall–Kier alpha value is -1.40. The standard InChI is InChI=1S/C12H14BrN3O2/c1-7(14)6-16-11(17)9-5-8(13)3-4-10(9)15(2)12(16)18/h3-5,7H,6,14H2,1-2H3. The Kier molecular flexibility index (Phi) is 3.41. The lowest BCUT2D eigenvalue weighted by molar-refractivity contribution is 0.538. The number of aryl methyl sites for hydroxylation is 1. The Morgan fingerprint density at radius 2 is 2.06 bits per heavy atom. The predicted molar refractivity (Wildman–Crippen MR) is 74.8 cm³/mol. The Balaban J connectivity index is 2.89. The first-order valence-corrected chi connectivity index (χ1v) is 6.36. The van der Waals surface area contributed by atoms with Crippen molar-refractivity contribution in [2.24, 2.45) is 12.8 Å². The zero-order chi connectivity index (χ0) is 13.4. The van der Waals surface area contributed by atoms with E-state index in [1.165, 1.54) is 9.13 Å². The van der Waals surface area contributed by atoms with Crippen LogP contribution in [-0.2, 0) is 13.6 Å². The van der Waals surface area contributed by atoms with Gasteiger partial charge in [0.25, 0.3) is 5.56 Å². The molecule has 2 rings (SSSR count). The second kappa shape index (κ2) is 4.70. The molecule has 1 heterocycles. The first-order chi connectivity index (χ1) is 8.41. The molecule has 1 aromatic heterocycles. The van der Waals surface area contributed by atoms with E-state index in [1.807, 2.05) is 0 Å². The Morgan fingerprint density at radius 1 is 1.39 bits per heavy atom. The van der Waals surface area contributed by atoms with E-state index in [4.69, 9.17) is 5.73 Å². The molecule has 1 atom stereocenters. The normalized spacial score (nSPS) is 12.9. The second-order valence-corrected chi connectivity index (χ2v) is 5.31. The van der Waals surface area contributed by atoms with E-state index in [-0.39, 0.29) is 23.8 Å². The molecule has 0 aliphatic carbocycles. The predicted octanol–water partition coefficient (Wildman–Crippen LogP) is 0.810. The third-order valence-corrected chi connectivity index (χ3v) is 3.28. The van der Waals surface area contributed by atoms with Gasteiger partial charge in [-0.3, -0.25) is 13.9 Å². The number of benzene rings is 1. The lowest BCUT2D eigenvalue weighted by Gasteiger charge is -2.12. The van der Waals surface area contributed by atoms with Gasteiger partial charge in [0.15, 0.2) is 0 Å². The van der Waals surface area contributed by atoms with Crippen molar-refractivity contribution in [1.82, 2.24) is 9.13 Å². The summed E-state index contributed by atoms with van der Waals surface area (Å²) in [6.45, 7) is 1.98. The van der Waals surface area contributed by atoms with Crippen molar-refractivity contribution in [3.05, 3.63) is 43.5 Å². The minimum atomic E-state index is -0.341. The number of fused-ring (bicyclic) bond motifs is 1. The van der Waals surface area contributed by atoms with Gasteiger partial charge in [0.05, 0.1) is 10.9 Å². The zero-order valence-electron chi connectivity index (χ0n) is 10.2. The molecule has 0 aliphatic rings. The highest BCUT2D eigenvalue weighted by molar-refractivity contribution is 9.10. The maximum atomic E-state index is 12.3. The molecule has 0 fully saturated rings. The Bertz CT molecular complexity index is 716. The van der Waals surface area contributed by atoms with Crippen molar-refractivity contribution in [2.45, 2.75) is 19.5 Å². The lowest BCUT2D eigenvalue weighted by atomic mass is 10.2. The van der Waals surface area contributed by atoms with Gasteiger partial charge in [0.2, 0.25) is 0 Å². The second-order valence-electron chi connectivity index (χ2n) is 4.40. The fourth-order valence-electron chi connectivity index (χ4n) is 1.94. The molecule has 6 heteroatoms. The fraction of sp³-hybridized carbons (Fsp3) is 0.333. The summed E-state index contributed by atoms with van der Waals surface area (Å²) in [6.07, 6.45) is 0. The quantitative estimate of drug-likeness (QED) is 0.892. The Labute approximate surface area is 112 Å². The third-order valence-electron chi connectivity index (χ3n) is 2.78. The number of nitrogens with two attached hydrogens (primary N) is 1. The van der Waals surface area contributed by atoms with Gasteiger partial charge in [-0.2, -0.15) is 0 Å². The number of nitrogens with zero attached hydrogens (tertiary/aromatic N) is 2. The highest BCUT2D eigenvalue weighted by atomic mass is 79.9. The van der Waals surface area contributed by atoms with E-state index in [2.05, 4.69) is 15.9 Å². The molecule has 96 valence electrons. The van der Waals surface area contributed by atoms with Crippen LogP contribution in [-0.4, -0.2) is 15.2 Å². The summed E-state index contributed by atoms with van der Waals surface area (Å²) in [7, 11) is 1.65. The van der Waals surface area contributed by atoms with Crippen LogP contribution in [0, 0.1) is 0 Å². The van der Waals surface area contributed by atoms with E-state index in [9.17, 15) is 9.59 Å². The van der Waals surface area contributed by atoms with Crippen LogP contribution in [0.3, 0.4) is 0 Å². The summed E-state index contributed by atoms with van der Waals surface area (Å²) >= 11 is 3.32. The van der Waals surface area contributed by atoms with Crippen LogP contribution in [0.15, 0.2) is 32.3 Å². The van der Waals surface area contributed by atoms with Gasteiger partial charge in [0.1, 0.15) is 0 Å². The first kappa shape index (κ1) is 13.0. The topological polar surface area (TPSA) is 70.0 Å². The monoisotopic (exact) mass is 311 g/mol. The molecule has 1 aromatic carbocycles. The summed E-state index contributed by atoms with van der Waals surface area (Å²) < 4.78 is 3.45. The molecule has 2 N–H and O–H groups in total. The number of hydrogen-bond donors (Lipinski definition) is 1. The number of halogens is 1. The molecule has 0 spiro atoms. The molecular formula is C12H14BrN3O2. The van der Waals surface area contributed by atoms with Crippen molar-refractivity contribution in [3.8, 4) is 0 Å². The van der Waals surface area contributed by atoms with Gasteiger partial charge in [-0.1, -0.05) is 15.9 Å². The van der Waals surface area contributed by atoms with E-state index in [0.29, 0.717) is 10.9 Å². The summed E-state index contributed by atoms with van der Waals surface area (Å²) in [5, 5.41) is 0.507. The van der Waals surface area contributed by atoms with Crippen LogP contribution in [0.25, 0.3) is 10.9 Å². The van der Waals surface area contributed by atoms with Crippen molar-refractivity contribution in [3.63, 3.8) is 0 Å². The van der Waals surface area contributed by atoms with Gasteiger partial charge < -0.3 is 5.73 Å². The SMILES string of the molecule is CC(N)Cn1c(=O)c2cc(Br)ccc2n(C)c1=O.